The molecule has 1 aliphatic rings. The van der Waals surface area contributed by atoms with E-state index in [0.717, 1.165) is 24.4 Å². The number of aryl methyl sites for hydroxylation is 1. The Morgan fingerprint density at radius 3 is 2.59 bits per heavy atom. The van der Waals surface area contributed by atoms with Crippen LogP contribution in [0.3, 0.4) is 0 Å². The number of nitrogens with zero attached hydrogens (tertiary/aromatic N) is 1. The van der Waals surface area contributed by atoms with Crippen LogP contribution in [0, 0.1) is 6.92 Å². The molecule has 122 valence electrons. The van der Waals surface area contributed by atoms with Crippen molar-refractivity contribution in [1.29, 1.82) is 0 Å². The predicted molar refractivity (Wildman–Crippen MR) is 94.4 cm³/mol. The van der Waals surface area contributed by atoms with Crippen LogP contribution in [0.4, 0.5) is 0 Å². The average Bonchev–Trinajstić information content (AvgIpc) is 2.54. The van der Waals surface area contributed by atoms with Crippen LogP contribution in [-0.2, 0) is 4.79 Å². The van der Waals surface area contributed by atoms with E-state index in [0.29, 0.717) is 0 Å². The lowest BCUT2D eigenvalue weighted by Gasteiger charge is -2.26. The largest absolute Gasteiger partial charge is 0.355 e. The minimum atomic E-state index is -0.0438. The molecule has 0 aromatic heterocycles. The molecule has 0 radical (unpaired) electrons. The predicted octanol–water partition coefficient (Wildman–Crippen LogP) is 3.47. The van der Waals surface area contributed by atoms with Crippen molar-refractivity contribution in [3.8, 4) is 0 Å². The Bertz CT molecular complexity index is 455. The van der Waals surface area contributed by atoms with Crippen molar-refractivity contribution in [2.45, 2.75) is 49.7 Å². The summed E-state index contributed by atoms with van der Waals surface area (Å²) in [5, 5.41) is 3.02. The summed E-state index contributed by atoms with van der Waals surface area (Å²) in [6.45, 7) is 8.41. The van der Waals surface area contributed by atoms with Crippen molar-refractivity contribution in [1.82, 2.24) is 10.2 Å². The SMILES string of the molecule is Cc1ccc(SC(C)C(=O)NCCCN2CCCCC2)cc1. The summed E-state index contributed by atoms with van der Waals surface area (Å²) in [5.74, 6) is 0.143. The molecule has 0 bridgehead atoms. The number of carbonyl (C=O) groups excluding carboxylic acids is 1. The van der Waals surface area contributed by atoms with Crippen LogP contribution in [0.15, 0.2) is 29.2 Å². The summed E-state index contributed by atoms with van der Waals surface area (Å²) in [6, 6.07) is 8.34. The molecular weight excluding hydrogens is 292 g/mol. The molecule has 1 saturated heterocycles. The fourth-order valence-corrected chi connectivity index (χ4v) is 3.61. The third-order valence-corrected chi connectivity index (χ3v) is 5.21. The van der Waals surface area contributed by atoms with Crippen molar-refractivity contribution in [2.24, 2.45) is 0 Å². The van der Waals surface area contributed by atoms with Gasteiger partial charge in [0.05, 0.1) is 5.25 Å². The van der Waals surface area contributed by atoms with Gasteiger partial charge in [0.25, 0.3) is 0 Å². The van der Waals surface area contributed by atoms with Crippen LogP contribution in [0.5, 0.6) is 0 Å². The number of rotatable bonds is 7. The van der Waals surface area contributed by atoms with Crippen LogP contribution in [0.1, 0.15) is 38.2 Å². The molecule has 0 saturated carbocycles. The molecule has 4 heteroatoms. The molecule has 0 spiro atoms. The second-order valence-corrected chi connectivity index (χ2v) is 7.53. The first-order chi connectivity index (χ1) is 10.6. The van der Waals surface area contributed by atoms with Gasteiger partial charge in [-0.05, 0) is 64.9 Å². The third-order valence-electron chi connectivity index (χ3n) is 4.10. The molecule has 0 aliphatic carbocycles. The molecule has 2 rings (SSSR count). The minimum absolute atomic E-state index is 0.0438. The van der Waals surface area contributed by atoms with E-state index in [-0.39, 0.29) is 11.2 Å². The molecular formula is C18H28N2OS. The number of likely N-dealkylation sites (tertiary alicyclic amines) is 1. The average molecular weight is 321 g/mol. The standard InChI is InChI=1S/C18H28N2OS/c1-15-7-9-17(10-8-15)22-16(2)18(21)19-11-6-14-20-12-4-3-5-13-20/h7-10,16H,3-6,11-14H2,1-2H3,(H,19,21). The summed E-state index contributed by atoms with van der Waals surface area (Å²) in [5.41, 5.74) is 1.25. The number of piperidine rings is 1. The summed E-state index contributed by atoms with van der Waals surface area (Å²) in [7, 11) is 0. The normalized spacial score (nSPS) is 17.2. The Labute approximate surface area is 138 Å². The highest BCUT2D eigenvalue weighted by Crippen LogP contribution is 2.23. The van der Waals surface area contributed by atoms with E-state index in [4.69, 9.17) is 0 Å². The smallest absolute Gasteiger partial charge is 0.233 e. The van der Waals surface area contributed by atoms with E-state index in [2.05, 4.69) is 41.4 Å². The highest BCUT2D eigenvalue weighted by molar-refractivity contribution is 8.00. The minimum Gasteiger partial charge on any atom is -0.355 e. The second kappa shape index (κ2) is 9.21. The van der Waals surface area contributed by atoms with Crippen molar-refractivity contribution in [3.63, 3.8) is 0 Å². The van der Waals surface area contributed by atoms with E-state index in [1.165, 1.54) is 37.9 Å². The van der Waals surface area contributed by atoms with Crippen molar-refractivity contribution < 1.29 is 4.79 Å². The second-order valence-electron chi connectivity index (χ2n) is 6.12. The summed E-state index contributed by atoms with van der Waals surface area (Å²) >= 11 is 1.62. The van der Waals surface area contributed by atoms with Crippen LogP contribution < -0.4 is 5.32 Å². The van der Waals surface area contributed by atoms with Gasteiger partial charge in [0.15, 0.2) is 0 Å². The molecule has 1 aliphatic heterocycles. The van der Waals surface area contributed by atoms with Crippen LogP contribution in [-0.4, -0.2) is 42.2 Å². The molecule has 3 nitrogen and oxygen atoms in total. The summed E-state index contributed by atoms with van der Waals surface area (Å²) in [6.07, 6.45) is 5.09. The van der Waals surface area contributed by atoms with Gasteiger partial charge in [-0.15, -0.1) is 11.8 Å². The number of nitrogens with one attached hydrogen (secondary N) is 1. The molecule has 1 atom stereocenters. The molecule has 1 amide bonds. The molecule has 22 heavy (non-hydrogen) atoms. The lowest BCUT2D eigenvalue weighted by Crippen LogP contribution is -2.35. The zero-order chi connectivity index (χ0) is 15.8. The molecule has 1 N–H and O–H groups in total. The maximum atomic E-state index is 12.1. The Kier molecular flexibility index (Phi) is 7.26. The fraction of sp³-hybridized carbons (Fsp3) is 0.611. The van der Waals surface area contributed by atoms with Crippen molar-refractivity contribution >= 4 is 17.7 Å². The molecule has 1 fully saturated rings. The molecule has 1 unspecified atom stereocenters. The summed E-state index contributed by atoms with van der Waals surface area (Å²) < 4.78 is 0. The number of amides is 1. The number of carbonyl (C=O) groups is 1. The third kappa shape index (κ3) is 6.01. The first-order valence-corrected chi connectivity index (χ1v) is 9.26. The topological polar surface area (TPSA) is 32.3 Å². The van der Waals surface area contributed by atoms with Crippen LogP contribution in [0.2, 0.25) is 0 Å². The molecule has 1 aromatic carbocycles. The highest BCUT2D eigenvalue weighted by Gasteiger charge is 2.14. The van der Waals surface area contributed by atoms with Crippen molar-refractivity contribution in [3.05, 3.63) is 29.8 Å². The summed E-state index contributed by atoms with van der Waals surface area (Å²) in [4.78, 5) is 15.8. The Morgan fingerprint density at radius 2 is 1.91 bits per heavy atom. The van der Waals surface area contributed by atoms with Gasteiger partial charge in [0.2, 0.25) is 5.91 Å². The van der Waals surface area contributed by atoms with E-state index in [1.54, 1.807) is 11.8 Å². The van der Waals surface area contributed by atoms with Crippen molar-refractivity contribution in [2.75, 3.05) is 26.2 Å². The molecule has 1 aromatic rings. The van der Waals surface area contributed by atoms with Gasteiger partial charge in [-0.3, -0.25) is 4.79 Å². The zero-order valence-corrected chi connectivity index (χ0v) is 14.6. The number of hydrogen-bond donors (Lipinski definition) is 1. The van der Waals surface area contributed by atoms with Gasteiger partial charge in [-0.25, -0.2) is 0 Å². The monoisotopic (exact) mass is 320 g/mol. The van der Waals surface area contributed by atoms with Gasteiger partial charge in [-0.1, -0.05) is 24.1 Å². The number of thioether (sulfide) groups is 1. The van der Waals surface area contributed by atoms with Gasteiger partial charge in [-0.2, -0.15) is 0 Å². The maximum absolute atomic E-state index is 12.1. The van der Waals surface area contributed by atoms with E-state index in [1.807, 2.05) is 6.92 Å². The first-order valence-electron chi connectivity index (χ1n) is 8.38. The Hall–Kier alpha value is -1.00. The zero-order valence-electron chi connectivity index (χ0n) is 13.8. The van der Waals surface area contributed by atoms with E-state index >= 15 is 0 Å². The van der Waals surface area contributed by atoms with Gasteiger partial charge in [0, 0.05) is 11.4 Å². The Morgan fingerprint density at radius 1 is 1.23 bits per heavy atom. The van der Waals surface area contributed by atoms with Crippen LogP contribution in [0.25, 0.3) is 0 Å². The van der Waals surface area contributed by atoms with Crippen LogP contribution >= 0.6 is 11.8 Å². The Balaban J connectivity index is 1.62. The quantitative estimate of drug-likeness (QED) is 0.617. The lowest BCUT2D eigenvalue weighted by atomic mass is 10.1. The first kappa shape index (κ1) is 17.4. The van der Waals surface area contributed by atoms with Gasteiger partial charge < -0.3 is 10.2 Å². The molecule has 1 heterocycles. The van der Waals surface area contributed by atoms with E-state index < -0.39 is 0 Å². The van der Waals surface area contributed by atoms with Gasteiger partial charge in [0.1, 0.15) is 0 Å². The fourth-order valence-electron chi connectivity index (χ4n) is 2.72. The lowest BCUT2D eigenvalue weighted by molar-refractivity contribution is -0.120. The number of benzene rings is 1. The number of hydrogen-bond acceptors (Lipinski definition) is 3. The maximum Gasteiger partial charge on any atom is 0.233 e. The highest BCUT2D eigenvalue weighted by atomic mass is 32.2. The van der Waals surface area contributed by atoms with E-state index in [9.17, 15) is 4.79 Å². The van der Waals surface area contributed by atoms with Gasteiger partial charge >= 0.3 is 0 Å².